The second-order valence-electron chi connectivity index (χ2n) is 7.70. The quantitative estimate of drug-likeness (QED) is 0.545. The molecule has 32 heavy (non-hydrogen) atoms. The van der Waals surface area contributed by atoms with E-state index in [4.69, 9.17) is 9.47 Å². The van der Waals surface area contributed by atoms with Crippen molar-refractivity contribution in [3.63, 3.8) is 0 Å². The molecule has 0 radical (unpaired) electrons. The van der Waals surface area contributed by atoms with Gasteiger partial charge in [0, 0.05) is 17.8 Å². The monoisotopic (exact) mass is 440 g/mol. The number of hydrogen-bond acceptors (Lipinski definition) is 6. The van der Waals surface area contributed by atoms with E-state index in [0.29, 0.717) is 23.5 Å². The predicted molar refractivity (Wildman–Crippen MR) is 120 cm³/mol. The van der Waals surface area contributed by atoms with E-state index in [9.17, 15) is 19.2 Å². The molecule has 2 aromatic carbocycles. The number of carbonyl (C=O) groups is 4. The summed E-state index contributed by atoms with van der Waals surface area (Å²) in [5, 5.41) is 5.27. The Labute approximate surface area is 187 Å². The fraction of sp³-hybridized carbons (Fsp3) is 0.333. The van der Waals surface area contributed by atoms with Crippen LogP contribution in [-0.2, 0) is 23.9 Å². The number of hydrogen-bond donors (Lipinski definition) is 2. The number of carbonyl (C=O) groups excluding carboxylic acids is 4. The third-order valence-electron chi connectivity index (χ3n) is 4.17. The zero-order valence-electron chi connectivity index (χ0n) is 18.5. The summed E-state index contributed by atoms with van der Waals surface area (Å²) in [7, 11) is 0. The highest BCUT2D eigenvalue weighted by atomic mass is 16.5. The van der Waals surface area contributed by atoms with Crippen molar-refractivity contribution < 1.29 is 28.7 Å². The fourth-order valence-electron chi connectivity index (χ4n) is 2.59. The van der Waals surface area contributed by atoms with Crippen molar-refractivity contribution in [1.29, 1.82) is 0 Å². The largest absolute Gasteiger partial charge is 0.462 e. The third-order valence-corrected chi connectivity index (χ3v) is 4.17. The summed E-state index contributed by atoms with van der Waals surface area (Å²) in [5.74, 6) is -1.68. The van der Waals surface area contributed by atoms with Gasteiger partial charge in [-0.2, -0.15) is 0 Å². The minimum absolute atomic E-state index is 0.101. The van der Waals surface area contributed by atoms with Crippen molar-refractivity contribution in [2.75, 3.05) is 23.8 Å². The second kappa shape index (κ2) is 12.2. The van der Waals surface area contributed by atoms with Crippen LogP contribution in [0.3, 0.4) is 0 Å². The molecule has 8 heteroatoms. The Balaban J connectivity index is 1.69. The summed E-state index contributed by atoms with van der Waals surface area (Å²) in [6.07, 6.45) is -0.264. The molecule has 0 saturated carbocycles. The van der Waals surface area contributed by atoms with Crippen LogP contribution in [0.5, 0.6) is 0 Å². The molecule has 0 saturated heterocycles. The molecule has 0 atom stereocenters. The average Bonchev–Trinajstić information content (AvgIpc) is 2.75. The zero-order valence-corrected chi connectivity index (χ0v) is 18.5. The Hall–Kier alpha value is -3.68. The van der Waals surface area contributed by atoms with Gasteiger partial charge in [0.15, 0.2) is 6.61 Å². The van der Waals surface area contributed by atoms with Gasteiger partial charge in [-0.1, -0.05) is 26.0 Å². The van der Waals surface area contributed by atoms with E-state index < -0.39 is 24.5 Å². The van der Waals surface area contributed by atoms with Crippen LogP contribution in [-0.4, -0.2) is 37.0 Å². The van der Waals surface area contributed by atoms with E-state index in [-0.39, 0.29) is 24.7 Å². The van der Waals surface area contributed by atoms with Crippen LogP contribution in [0.4, 0.5) is 11.4 Å². The summed E-state index contributed by atoms with van der Waals surface area (Å²) in [4.78, 5) is 47.6. The van der Waals surface area contributed by atoms with Gasteiger partial charge in [-0.05, 0) is 54.8 Å². The van der Waals surface area contributed by atoms with Gasteiger partial charge < -0.3 is 20.1 Å². The third kappa shape index (κ3) is 8.99. The van der Waals surface area contributed by atoms with Gasteiger partial charge in [0.2, 0.25) is 5.91 Å². The summed E-state index contributed by atoms with van der Waals surface area (Å²) in [6, 6.07) is 13.5. The average molecular weight is 440 g/mol. The van der Waals surface area contributed by atoms with Crippen LogP contribution in [0, 0.1) is 12.8 Å². The molecular formula is C24H28N2O6. The molecule has 2 rings (SSSR count). The summed E-state index contributed by atoms with van der Waals surface area (Å²) < 4.78 is 10.1. The molecule has 2 aromatic rings. The Morgan fingerprint density at radius 2 is 1.53 bits per heavy atom. The van der Waals surface area contributed by atoms with Gasteiger partial charge in [-0.15, -0.1) is 0 Å². The molecule has 0 unspecified atom stereocenters. The van der Waals surface area contributed by atoms with Crippen molar-refractivity contribution >= 4 is 35.1 Å². The van der Waals surface area contributed by atoms with Crippen LogP contribution in [0.15, 0.2) is 48.5 Å². The van der Waals surface area contributed by atoms with Gasteiger partial charge in [0.25, 0.3) is 5.91 Å². The van der Waals surface area contributed by atoms with Crippen molar-refractivity contribution in [2.45, 2.75) is 33.6 Å². The number of benzene rings is 2. The van der Waals surface area contributed by atoms with Crippen molar-refractivity contribution in [2.24, 2.45) is 5.92 Å². The first kappa shape index (κ1) is 24.6. The van der Waals surface area contributed by atoms with E-state index in [1.165, 1.54) is 0 Å². The second-order valence-corrected chi connectivity index (χ2v) is 7.70. The molecule has 0 heterocycles. The van der Waals surface area contributed by atoms with E-state index in [1.807, 2.05) is 32.9 Å². The number of esters is 2. The molecular weight excluding hydrogens is 412 g/mol. The van der Waals surface area contributed by atoms with Gasteiger partial charge in [0.05, 0.1) is 18.6 Å². The Bertz CT molecular complexity index is 953. The SMILES string of the molecule is Cc1cccc(NC(=O)COC(=O)CCC(=O)Nc2ccc(C(=O)OCC(C)C)cc2)c1. The number of amides is 2. The van der Waals surface area contributed by atoms with E-state index in [2.05, 4.69) is 10.6 Å². The van der Waals surface area contributed by atoms with Crippen molar-refractivity contribution in [3.05, 3.63) is 59.7 Å². The molecule has 170 valence electrons. The van der Waals surface area contributed by atoms with Crippen LogP contribution < -0.4 is 10.6 Å². The molecule has 8 nitrogen and oxygen atoms in total. The van der Waals surface area contributed by atoms with E-state index in [0.717, 1.165) is 5.56 Å². The lowest BCUT2D eigenvalue weighted by atomic mass is 10.2. The van der Waals surface area contributed by atoms with E-state index in [1.54, 1.807) is 36.4 Å². The van der Waals surface area contributed by atoms with E-state index >= 15 is 0 Å². The number of ether oxygens (including phenoxy) is 2. The minimum Gasteiger partial charge on any atom is -0.462 e. The first-order chi connectivity index (χ1) is 15.2. The molecule has 0 aromatic heterocycles. The Kier molecular flexibility index (Phi) is 9.41. The van der Waals surface area contributed by atoms with Gasteiger partial charge in [-0.3, -0.25) is 14.4 Å². The number of anilines is 2. The summed E-state index contributed by atoms with van der Waals surface area (Å²) >= 11 is 0. The standard InChI is InChI=1S/C24H28N2O6/c1-16(2)14-32-24(30)18-7-9-19(10-8-18)25-21(27)11-12-23(29)31-15-22(28)26-20-6-4-5-17(3)13-20/h4-10,13,16H,11-12,14-15H2,1-3H3,(H,25,27)(H,26,28). The Morgan fingerprint density at radius 1 is 0.844 bits per heavy atom. The van der Waals surface area contributed by atoms with Crippen LogP contribution in [0.2, 0.25) is 0 Å². The summed E-state index contributed by atoms with van der Waals surface area (Å²) in [5.41, 5.74) is 2.48. The maximum Gasteiger partial charge on any atom is 0.338 e. The lowest BCUT2D eigenvalue weighted by Crippen LogP contribution is -2.21. The topological polar surface area (TPSA) is 111 Å². The first-order valence-corrected chi connectivity index (χ1v) is 10.3. The number of aryl methyl sites for hydroxylation is 1. The maximum atomic E-state index is 12.0. The predicted octanol–water partition coefficient (Wildman–Crippen LogP) is 3.71. The highest BCUT2D eigenvalue weighted by molar-refractivity contribution is 5.95. The van der Waals surface area contributed by atoms with Crippen LogP contribution in [0.25, 0.3) is 0 Å². The molecule has 0 fully saturated rings. The minimum atomic E-state index is -0.650. The van der Waals surface area contributed by atoms with Crippen LogP contribution in [0.1, 0.15) is 42.6 Å². The normalized spacial score (nSPS) is 10.4. The lowest BCUT2D eigenvalue weighted by Gasteiger charge is -2.09. The van der Waals surface area contributed by atoms with Crippen molar-refractivity contribution in [1.82, 2.24) is 0 Å². The summed E-state index contributed by atoms with van der Waals surface area (Å²) in [6.45, 7) is 5.70. The molecule has 0 aliphatic rings. The molecule has 0 bridgehead atoms. The molecule has 2 N–H and O–H groups in total. The highest BCUT2D eigenvalue weighted by Gasteiger charge is 2.12. The first-order valence-electron chi connectivity index (χ1n) is 10.3. The fourth-order valence-corrected chi connectivity index (χ4v) is 2.59. The smallest absolute Gasteiger partial charge is 0.338 e. The number of rotatable bonds is 10. The van der Waals surface area contributed by atoms with Gasteiger partial charge in [0.1, 0.15) is 0 Å². The molecule has 0 aliphatic heterocycles. The van der Waals surface area contributed by atoms with Crippen molar-refractivity contribution in [3.8, 4) is 0 Å². The number of nitrogens with one attached hydrogen (secondary N) is 2. The maximum absolute atomic E-state index is 12.0. The highest BCUT2D eigenvalue weighted by Crippen LogP contribution is 2.12. The Morgan fingerprint density at radius 3 is 2.19 bits per heavy atom. The van der Waals surface area contributed by atoms with Gasteiger partial charge >= 0.3 is 11.9 Å². The van der Waals surface area contributed by atoms with Gasteiger partial charge in [-0.25, -0.2) is 4.79 Å². The van der Waals surface area contributed by atoms with Crippen LogP contribution >= 0.6 is 0 Å². The molecule has 0 aliphatic carbocycles. The molecule has 2 amide bonds. The lowest BCUT2D eigenvalue weighted by molar-refractivity contribution is -0.147. The zero-order chi connectivity index (χ0) is 23.5. The molecule has 0 spiro atoms.